The fourth-order valence-corrected chi connectivity index (χ4v) is 4.60. The number of anilines is 2. The Morgan fingerprint density at radius 3 is 2.44 bits per heavy atom. The molecule has 1 aliphatic heterocycles. The Balaban J connectivity index is 1.29. The molecular formula is C19H20N2O6. The van der Waals surface area contributed by atoms with E-state index in [9.17, 15) is 19.2 Å². The molecule has 4 rings (SSSR count). The highest BCUT2D eigenvalue weighted by molar-refractivity contribution is 5.94. The first kappa shape index (κ1) is 17.5. The minimum atomic E-state index is -0.499. The molecule has 1 saturated heterocycles. The molecule has 1 heterocycles. The lowest BCUT2D eigenvalue weighted by molar-refractivity contribution is -0.157. The van der Waals surface area contributed by atoms with Gasteiger partial charge in [0.15, 0.2) is 6.61 Å². The van der Waals surface area contributed by atoms with Crippen LogP contribution in [0.3, 0.4) is 0 Å². The van der Waals surface area contributed by atoms with Gasteiger partial charge in [0.05, 0.1) is 11.8 Å². The molecular weight excluding hydrogens is 352 g/mol. The Labute approximate surface area is 155 Å². The molecule has 0 aromatic heterocycles. The number of rotatable bonds is 5. The largest absolute Gasteiger partial charge is 0.462 e. The molecule has 5 atom stereocenters. The third kappa shape index (κ3) is 3.27. The summed E-state index contributed by atoms with van der Waals surface area (Å²) in [7, 11) is 0. The predicted octanol–water partition coefficient (Wildman–Crippen LogP) is 1.32. The van der Waals surface area contributed by atoms with Gasteiger partial charge in [-0.1, -0.05) is 0 Å². The van der Waals surface area contributed by atoms with E-state index in [1.54, 1.807) is 24.3 Å². The van der Waals surface area contributed by atoms with E-state index in [2.05, 4.69) is 10.6 Å². The second kappa shape index (κ2) is 6.68. The Bertz CT molecular complexity index is 803. The number of ether oxygens (including phenoxy) is 2. The van der Waals surface area contributed by atoms with Gasteiger partial charge in [-0.2, -0.15) is 0 Å². The third-order valence-corrected chi connectivity index (χ3v) is 5.59. The Morgan fingerprint density at radius 2 is 1.78 bits per heavy atom. The number of fused-ring (bicyclic) bond motifs is 1. The number of carbonyl (C=O) groups is 4. The maximum Gasteiger partial charge on any atom is 0.310 e. The van der Waals surface area contributed by atoms with Gasteiger partial charge in [-0.25, -0.2) is 0 Å². The average molecular weight is 372 g/mol. The molecule has 0 radical (unpaired) electrons. The molecule has 142 valence electrons. The highest BCUT2D eigenvalue weighted by Gasteiger charge is 2.64. The molecule has 8 heteroatoms. The van der Waals surface area contributed by atoms with Crippen LogP contribution in [0.5, 0.6) is 0 Å². The Kier molecular flexibility index (Phi) is 4.33. The standard InChI is InChI=1S/C19H20N2O6/c1-9(22)20-11-2-4-12(5-3-11)21-15(23)8-26-18(24)16-10-6-13-14(7-10)27-19(25)17(13)16/h2-5,10,13-14,16-17H,6-8H2,1H3,(H,20,22)(H,21,23)/t10-,13+,14-,16+,17+/m1/s1. The number of nitrogens with one attached hydrogen (secondary N) is 2. The molecule has 1 aromatic carbocycles. The van der Waals surface area contributed by atoms with Gasteiger partial charge >= 0.3 is 11.9 Å². The molecule has 3 aliphatic rings. The van der Waals surface area contributed by atoms with Gasteiger partial charge in [0, 0.05) is 24.2 Å². The molecule has 2 N–H and O–H groups in total. The van der Waals surface area contributed by atoms with Crippen LogP contribution in [0.1, 0.15) is 19.8 Å². The number of hydrogen-bond donors (Lipinski definition) is 2. The second-order valence-corrected chi connectivity index (χ2v) is 7.34. The van der Waals surface area contributed by atoms with E-state index in [0.29, 0.717) is 17.8 Å². The van der Waals surface area contributed by atoms with Crippen LogP contribution in [-0.2, 0) is 28.7 Å². The molecule has 0 spiro atoms. The number of hydrogen-bond acceptors (Lipinski definition) is 6. The summed E-state index contributed by atoms with van der Waals surface area (Å²) in [6.45, 7) is 0.997. The first-order chi connectivity index (χ1) is 12.9. The third-order valence-electron chi connectivity index (χ3n) is 5.59. The van der Waals surface area contributed by atoms with Crippen molar-refractivity contribution in [1.82, 2.24) is 0 Å². The van der Waals surface area contributed by atoms with Crippen molar-refractivity contribution in [2.45, 2.75) is 25.9 Å². The van der Waals surface area contributed by atoms with Crippen molar-refractivity contribution in [3.05, 3.63) is 24.3 Å². The van der Waals surface area contributed by atoms with Gasteiger partial charge in [-0.05, 0) is 43.0 Å². The summed E-state index contributed by atoms with van der Waals surface area (Å²) < 4.78 is 10.5. The summed E-state index contributed by atoms with van der Waals surface area (Å²) >= 11 is 0. The van der Waals surface area contributed by atoms with Crippen molar-refractivity contribution in [3.63, 3.8) is 0 Å². The lowest BCUT2D eigenvalue weighted by Crippen LogP contribution is -2.34. The van der Waals surface area contributed by atoms with Crippen molar-refractivity contribution in [2.24, 2.45) is 23.7 Å². The fourth-order valence-electron chi connectivity index (χ4n) is 4.60. The van der Waals surface area contributed by atoms with Crippen molar-refractivity contribution >= 4 is 35.1 Å². The van der Waals surface area contributed by atoms with Crippen LogP contribution in [0.2, 0.25) is 0 Å². The van der Waals surface area contributed by atoms with E-state index in [1.165, 1.54) is 6.92 Å². The first-order valence-corrected chi connectivity index (χ1v) is 8.97. The van der Waals surface area contributed by atoms with Gasteiger partial charge < -0.3 is 20.1 Å². The van der Waals surface area contributed by atoms with Crippen LogP contribution in [-0.4, -0.2) is 36.5 Å². The monoisotopic (exact) mass is 372 g/mol. The first-order valence-electron chi connectivity index (χ1n) is 8.97. The normalized spacial score (nSPS) is 30.0. The smallest absolute Gasteiger partial charge is 0.310 e. The van der Waals surface area contributed by atoms with Crippen LogP contribution in [0.25, 0.3) is 0 Å². The van der Waals surface area contributed by atoms with Crippen molar-refractivity contribution in [1.29, 1.82) is 0 Å². The molecule has 27 heavy (non-hydrogen) atoms. The van der Waals surface area contributed by atoms with E-state index in [4.69, 9.17) is 9.47 Å². The van der Waals surface area contributed by atoms with Gasteiger partial charge in [0.2, 0.25) is 5.91 Å². The molecule has 3 fully saturated rings. The number of carbonyl (C=O) groups excluding carboxylic acids is 4. The SMILES string of the molecule is CC(=O)Nc1ccc(NC(=O)COC(=O)[C@H]2[C@@H]3C[C@@H]4[C@@H]2C(=O)O[C@@H]4C3)cc1. The number of esters is 2. The summed E-state index contributed by atoms with van der Waals surface area (Å²) in [5.41, 5.74) is 1.14. The Morgan fingerprint density at radius 1 is 1.11 bits per heavy atom. The number of benzene rings is 1. The van der Waals surface area contributed by atoms with Crippen LogP contribution < -0.4 is 10.6 Å². The molecule has 8 nitrogen and oxygen atoms in total. The van der Waals surface area contributed by atoms with E-state index < -0.39 is 30.3 Å². The quantitative estimate of drug-likeness (QED) is 0.755. The molecule has 2 saturated carbocycles. The maximum atomic E-state index is 12.4. The average Bonchev–Trinajstić information content (AvgIpc) is 3.23. The summed E-state index contributed by atoms with van der Waals surface area (Å²) in [5, 5.41) is 5.25. The maximum absolute atomic E-state index is 12.4. The summed E-state index contributed by atoms with van der Waals surface area (Å²) in [4.78, 5) is 47.4. The molecule has 2 aliphatic carbocycles. The van der Waals surface area contributed by atoms with Crippen molar-refractivity contribution in [3.8, 4) is 0 Å². The molecule has 1 aromatic rings. The lowest BCUT2D eigenvalue weighted by Gasteiger charge is -2.22. The van der Waals surface area contributed by atoms with Gasteiger partial charge in [-0.15, -0.1) is 0 Å². The van der Waals surface area contributed by atoms with E-state index in [1.807, 2.05) is 0 Å². The van der Waals surface area contributed by atoms with Crippen LogP contribution in [0.4, 0.5) is 11.4 Å². The van der Waals surface area contributed by atoms with Crippen molar-refractivity contribution in [2.75, 3.05) is 17.2 Å². The summed E-state index contributed by atoms with van der Waals surface area (Å²) in [5.74, 6) is -2.14. The van der Waals surface area contributed by atoms with Gasteiger partial charge in [-0.3, -0.25) is 19.2 Å². The predicted molar refractivity (Wildman–Crippen MR) is 93.4 cm³/mol. The highest BCUT2D eigenvalue weighted by Crippen LogP contribution is 2.57. The van der Waals surface area contributed by atoms with Crippen molar-refractivity contribution < 1.29 is 28.7 Å². The highest BCUT2D eigenvalue weighted by atomic mass is 16.6. The fraction of sp³-hybridized carbons (Fsp3) is 0.474. The topological polar surface area (TPSA) is 111 Å². The van der Waals surface area contributed by atoms with E-state index in [-0.39, 0.29) is 29.8 Å². The van der Waals surface area contributed by atoms with E-state index in [0.717, 1.165) is 6.42 Å². The second-order valence-electron chi connectivity index (χ2n) is 7.34. The summed E-state index contributed by atoms with van der Waals surface area (Å²) in [6.07, 6.45) is 1.48. The van der Waals surface area contributed by atoms with Gasteiger partial charge in [0.1, 0.15) is 6.10 Å². The minimum absolute atomic E-state index is 0.0414. The minimum Gasteiger partial charge on any atom is -0.462 e. The number of amides is 2. The zero-order chi connectivity index (χ0) is 19.1. The Hall–Kier alpha value is -2.90. The molecule has 2 bridgehead atoms. The van der Waals surface area contributed by atoms with Crippen LogP contribution in [0.15, 0.2) is 24.3 Å². The molecule has 0 unspecified atom stereocenters. The van der Waals surface area contributed by atoms with Gasteiger partial charge in [0.25, 0.3) is 5.91 Å². The van der Waals surface area contributed by atoms with Crippen LogP contribution in [0, 0.1) is 23.7 Å². The van der Waals surface area contributed by atoms with E-state index >= 15 is 0 Å². The molecule has 2 amide bonds. The summed E-state index contributed by atoms with van der Waals surface area (Å²) in [6, 6.07) is 6.58. The zero-order valence-corrected chi connectivity index (χ0v) is 14.8. The lowest BCUT2D eigenvalue weighted by atomic mass is 9.80. The zero-order valence-electron chi connectivity index (χ0n) is 14.8. The van der Waals surface area contributed by atoms with Crippen LogP contribution >= 0.6 is 0 Å².